The summed E-state index contributed by atoms with van der Waals surface area (Å²) in [6, 6.07) is 6.78. The maximum Gasteiger partial charge on any atom is 0.329 e. The smallest absolute Gasteiger partial charge is 0.329 e. The van der Waals surface area contributed by atoms with Gasteiger partial charge in [-0.05, 0) is 31.0 Å². The van der Waals surface area contributed by atoms with Crippen molar-refractivity contribution in [1.82, 2.24) is 20.2 Å². The van der Waals surface area contributed by atoms with E-state index in [-0.39, 0.29) is 30.9 Å². The van der Waals surface area contributed by atoms with Gasteiger partial charge in [-0.2, -0.15) is 0 Å². The number of nitrogens with one attached hydrogen (secondary N) is 3. The Hall–Kier alpha value is -2.12. The predicted octanol–water partition coefficient (Wildman–Crippen LogP) is 0.226. The lowest BCUT2D eigenvalue weighted by atomic mass is 9.95. The minimum Gasteiger partial charge on any atom is -0.350 e. The first-order valence-electron chi connectivity index (χ1n) is 7.78. The van der Waals surface area contributed by atoms with Crippen molar-refractivity contribution in [3.63, 3.8) is 0 Å². The lowest BCUT2D eigenvalue weighted by molar-refractivity contribution is -0.122. The molecule has 1 aromatic carbocycles. The van der Waals surface area contributed by atoms with Gasteiger partial charge in [-0.3, -0.25) is 14.2 Å². The first-order valence-corrected chi connectivity index (χ1v) is 7.78. The highest BCUT2D eigenvalue weighted by Gasteiger charge is 2.23. The summed E-state index contributed by atoms with van der Waals surface area (Å²) in [5.41, 5.74) is -0.544. The zero-order valence-corrected chi connectivity index (χ0v) is 14.2. The Morgan fingerprint density at radius 1 is 1.33 bits per heavy atom. The van der Waals surface area contributed by atoms with E-state index < -0.39 is 11.2 Å². The summed E-state index contributed by atoms with van der Waals surface area (Å²) in [6.45, 7) is 3.45. The molecule has 0 saturated carbocycles. The molecule has 2 heterocycles. The number of hydrogen-bond acceptors (Lipinski definition) is 4. The van der Waals surface area contributed by atoms with Gasteiger partial charge in [0, 0.05) is 12.6 Å². The van der Waals surface area contributed by atoms with Crippen molar-refractivity contribution in [3.05, 3.63) is 45.1 Å². The SMILES string of the molecule is CC1CCNCC1NC(=O)Cn1c(=O)[nH]c2ccccc2c1=O.Cl. The number of para-hydroxylation sites is 1. The number of nitrogens with zero attached hydrogens (tertiary/aromatic N) is 1. The maximum atomic E-state index is 12.4. The number of hydrogen-bond donors (Lipinski definition) is 3. The van der Waals surface area contributed by atoms with Crippen molar-refractivity contribution < 1.29 is 4.79 Å². The van der Waals surface area contributed by atoms with E-state index in [0.717, 1.165) is 17.5 Å². The summed E-state index contributed by atoms with van der Waals surface area (Å²) < 4.78 is 0.943. The van der Waals surface area contributed by atoms with Gasteiger partial charge in [0.2, 0.25) is 5.91 Å². The van der Waals surface area contributed by atoms with E-state index in [1.807, 2.05) is 0 Å². The molecule has 24 heavy (non-hydrogen) atoms. The van der Waals surface area contributed by atoms with Crippen LogP contribution in [0.2, 0.25) is 0 Å². The number of aromatic nitrogens is 2. The standard InChI is InChI=1S/C16H20N4O3.ClH/c1-10-6-7-17-8-13(10)18-14(21)9-20-15(22)11-4-2-3-5-12(11)19-16(20)23;/h2-5,10,13,17H,6-9H2,1H3,(H,18,21)(H,19,23);1H. The Morgan fingerprint density at radius 3 is 2.83 bits per heavy atom. The molecule has 2 atom stereocenters. The zero-order chi connectivity index (χ0) is 16.4. The molecule has 2 unspecified atom stereocenters. The summed E-state index contributed by atoms with van der Waals surface area (Å²) >= 11 is 0. The van der Waals surface area contributed by atoms with Crippen molar-refractivity contribution in [3.8, 4) is 0 Å². The molecule has 1 aromatic heterocycles. The van der Waals surface area contributed by atoms with Gasteiger partial charge in [-0.15, -0.1) is 12.4 Å². The number of fused-ring (bicyclic) bond motifs is 1. The monoisotopic (exact) mass is 352 g/mol. The fraction of sp³-hybridized carbons (Fsp3) is 0.438. The Kier molecular flexibility index (Phi) is 5.80. The molecule has 7 nitrogen and oxygen atoms in total. The second kappa shape index (κ2) is 7.63. The van der Waals surface area contributed by atoms with Crippen LogP contribution in [0.25, 0.3) is 10.9 Å². The Balaban J connectivity index is 0.00000208. The van der Waals surface area contributed by atoms with Gasteiger partial charge in [0.1, 0.15) is 6.54 Å². The van der Waals surface area contributed by atoms with Crippen LogP contribution >= 0.6 is 12.4 Å². The molecule has 0 bridgehead atoms. The number of rotatable bonds is 3. The van der Waals surface area contributed by atoms with E-state index in [1.165, 1.54) is 0 Å². The summed E-state index contributed by atoms with van der Waals surface area (Å²) in [6.07, 6.45) is 0.988. The first kappa shape index (κ1) is 18.2. The molecule has 0 spiro atoms. The third kappa shape index (κ3) is 3.68. The lowest BCUT2D eigenvalue weighted by Crippen LogP contribution is -2.52. The number of piperidine rings is 1. The normalized spacial score (nSPS) is 20.4. The average Bonchev–Trinajstić information content (AvgIpc) is 2.54. The molecule has 8 heteroatoms. The minimum atomic E-state index is -0.571. The number of benzene rings is 1. The summed E-state index contributed by atoms with van der Waals surface area (Å²) in [5, 5.41) is 6.53. The Bertz CT molecular complexity index is 845. The van der Waals surface area contributed by atoms with Crippen LogP contribution in [0.4, 0.5) is 0 Å². The highest BCUT2D eigenvalue weighted by Crippen LogP contribution is 2.11. The lowest BCUT2D eigenvalue weighted by Gasteiger charge is -2.30. The summed E-state index contributed by atoms with van der Waals surface area (Å²) in [7, 11) is 0. The van der Waals surface area contributed by atoms with Crippen LogP contribution in [0.1, 0.15) is 13.3 Å². The molecule has 130 valence electrons. The van der Waals surface area contributed by atoms with Crippen molar-refractivity contribution in [1.29, 1.82) is 0 Å². The molecule has 1 fully saturated rings. The first-order chi connectivity index (χ1) is 11.1. The van der Waals surface area contributed by atoms with Crippen LogP contribution in [-0.4, -0.2) is 34.6 Å². The average molecular weight is 353 g/mol. The van der Waals surface area contributed by atoms with Gasteiger partial charge in [0.05, 0.1) is 10.9 Å². The molecule has 3 rings (SSSR count). The van der Waals surface area contributed by atoms with Crippen LogP contribution in [-0.2, 0) is 11.3 Å². The van der Waals surface area contributed by atoms with Gasteiger partial charge < -0.3 is 15.6 Å². The second-order valence-electron chi connectivity index (χ2n) is 6.01. The van der Waals surface area contributed by atoms with E-state index in [1.54, 1.807) is 24.3 Å². The molecule has 0 aliphatic carbocycles. The summed E-state index contributed by atoms with van der Waals surface area (Å²) in [5.74, 6) is 0.0419. The van der Waals surface area contributed by atoms with E-state index in [9.17, 15) is 14.4 Å². The van der Waals surface area contributed by atoms with Crippen LogP contribution in [0.15, 0.2) is 33.9 Å². The van der Waals surface area contributed by atoms with Gasteiger partial charge in [-0.1, -0.05) is 19.1 Å². The highest BCUT2D eigenvalue weighted by molar-refractivity contribution is 5.85. The van der Waals surface area contributed by atoms with Crippen LogP contribution in [0.3, 0.4) is 0 Å². The van der Waals surface area contributed by atoms with Gasteiger partial charge in [0.25, 0.3) is 5.56 Å². The third-order valence-electron chi connectivity index (χ3n) is 4.37. The number of halogens is 1. The molecule has 0 radical (unpaired) electrons. The quantitative estimate of drug-likeness (QED) is 0.736. The van der Waals surface area contributed by atoms with Crippen molar-refractivity contribution >= 4 is 29.2 Å². The Labute approximate surface area is 144 Å². The van der Waals surface area contributed by atoms with Gasteiger partial charge in [0.15, 0.2) is 0 Å². The van der Waals surface area contributed by atoms with Gasteiger partial charge in [-0.25, -0.2) is 4.79 Å². The van der Waals surface area contributed by atoms with Crippen LogP contribution in [0, 0.1) is 5.92 Å². The predicted molar refractivity (Wildman–Crippen MR) is 94.7 cm³/mol. The minimum absolute atomic E-state index is 0. The third-order valence-corrected chi connectivity index (χ3v) is 4.37. The fourth-order valence-electron chi connectivity index (χ4n) is 2.92. The maximum absolute atomic E-state index is 12.4. The topological polar surface area (TPSA) is 96.0 Å². The summed E-state index contributed by atoms with van der Waals surface area (Å²) in [4.78, 5) is 39.3. The number of aromatic amines is 1. The largest absolute Gasteiger partial charge is 0.350 e. The van der Waals surface area contributed by atoms with Crippen LogP contribution in [0.5, 0.6) is 0 Å². The molecule has 2 aromatic rings. The molecule has 1 amide bonds. The van der Waals surface area contributed by atoms with Crippen molar-refractivity contribution in [2.24, 2.45) is 5.92 Å². The number of carbonyl (C=O) groups excluding carboxylic acids is 1. The zero-order valence-electron chi connectivity index (χ0n) is 13.4. The number of amides is 1. The molecular formula is C16H21ClN4O3. The van der Waals surface area contributed by atoms with Crippen molar-refractivity contribution in [2.45, 2.75) is 25.9 Å². The second-order valence-corrected chi connectivity index (χ2v) is 6.01. The highest BCUT2D eigenvalue weighted by atomic mass is 35.5. The number of H-pyrrole nitrogens is 1. The van der Waals surface area contributed by atoms with Crippen LogP contribution < -0.4 is 21.9 Å². The Morgan fingerprint density at radius 2 is 2.08 bits per heavy atom. The van der Waals surface area contributed by atoms with E-state index in [4.69, 9.17) is 0 Å². The molecule has 3 N–H and O–H groups in total. The molecule has 1 aliphatic heterocycles. The molecule has 1 aliphatic rings. The molecule has 1 saturated heterocycles. The molecular weight excluding hydrogens is 332 g/mol. The fourth-order valence-corrected chi connectivity index (χ4v) is 2.92. The van der Waals surface area contributed by atoms with Gasteiger partial charge >= 0.3 is 5.69 Å². The van der Waals surface area contributed by atoms with Crippen molar-refractivity contribution in [2.75, 3.05) is 13.1 Å². The van der Waals surface area contributed by atoms with E-state index in [2.05, 4.69) is 22.5 Å². The van der Waals surface area contributed by atoms with E-state index >= 15 is 0 Å². The van der Waals surface area contributed by atoms with E-state index in [0.29, 0.717) is 23.4 Å². The number of carbonyl (C=O) groups is 1.